The monoisotopic (exact) mass is 319 g/mol. The summed E-state index contributed by atoms with van der Waals surface area (Å²) in [4.78, 5) is 0. The summed E-state index contributed by atoms with van der Waals surface area (Å²) in [5.74, 6) is 0. The van der Waals surface area contributed by atoms with E-state index in [1.54, 1.807) is 0 Å². The van der Waals surface area contributed by atoms with Crippen LogP contribution in [0.2, 0.25) is 0 Å². The van der Waals surface area contributed by atoms with Gasteiger partial charge in [-0.3, -0.25) is 0 Å². The molecule has 0 aliphatic carbocycles. The third-order valence-corrected chi connectivity index (χ3v) is 6.24. The molecule has 0 bridgehead atoms. The minimum atomic E-state index is 0.112. The molecule has 1 unspecified atom stereocenters. The zero-order valence-corrected chi connectivity index (χ0v) is 13.8. The summed E-state index contributed by atoms with van der Waals surface area (Å²) in [5.41, 5.74) is 2.68. The standard InChI is InChI=1S/C17H21NOS2/c1-12-9-16(15-7-8-20-17(15)21-12)18-14(11-19)10-13-5-3-2-4-6-13/h2-8,12,14,16,18-19H,9-11H2,1H3/t12-,14+,16?/m0/s1. The molecule has 3 rings (SSSR count). The van der Waals surface area contributed by atoms with E-state index in [1.807, 2.05) is 29.2 Å². The van der Waals surface area contributed by atoms with Gasteiger partial charge in [-0.25, -0.2) is 0 Å². The van der Waals surface area contributed by atoms with Crippen LogP contribution in [0.3, 0.4) is 0 Å². The van der Waals surface area contributed by atoms with E-state index in [9.17, 15) is 5.11 Å². The van der Waals surface area contributed by atoms with E-state index in [1.165, 1.54) is 15.3 Å². The van der Waals surface area contributed by atoms with Crippen molar-refractivity contribution in [1.82, 2.24) is 5.32 Å². The van der Waals surface area contributed by atoms with Gasteiger partial charge in [0.15, 0.2) is 0 Å². The molecule has 0 saturated carbocycles. The van der Waals surface area contributed by atoms with Crippen LogP contribution in [0.5, 0.6) is 0 Å². The Labute approximate surface area is 134 Å². The van der Waals surface area contributed by atoms with E-state index in [0.717, 1.165) is 12.8 Å². The van der Waals surface area contributed by atoms with E-state index >= 15 is 0 Å². The highest BCUT2D eigenvalue weighted by Crippen LogP contribution is 2.43. The Balaban J connectivity index is 1.70. The predicted octanol–water partition coefficient (Wildman–Crippen LogP) is 3.87. The number of hydrogen-bond acceptors (Lipinski definition) is 4. The molecule has 0 radical (unpaired) electrons. The number of rotatable bonds is 5. The maximum atomic E-state index is 9.72. The van der Waals surface area contributed by atoms with Crippen LogP contribution in [-0.2, 0) is 6.42 Å². The summed E-state index contributed by atoms with van der Waals surface area (Å²) in [5, 5.41) is 16.2. The molecule has 0 fully saturated rings. The van der Waals surface area contributed by atoms with Crippen molar-refractivity contribution in [2.75, 3.05) is 6.61 Å². The van der Waals surface area contributed by atoms with Gasteiger partial charge in [0.2, 0.25) is 0 Å². The number of thiophene rings is 1. The van der Waals surface area contributed by atoms with E-state index < -0.39 is 0 Å². The van der Waals surface area contributed by atoms with Crippen molar-refractivity contribution >= 4 is 23.1 Å². The van der Waals surface area contributed by atoms with Crippen LogP contribution >= 0.6 is 23.1 Å². The Morgan fingerprint density at radius 3 is 2.86 bits per heavy atom. The van der Waals surface area contributed by atoms with Crippen molar-refractivity contribution in [1.29, 1.82) is 0 Å². The summed E-state index contributed by atoms with van der Waals surface area (Å²) < 4.78 is 1.43. The number of nitrogens with one attached hydrogen (secondary N) is 1. The average Bonchev–Trinajstić information content (AvgIpc) is 2.96. The first-order valence-electron chi connectivity index (χ1n) is 7.41. The first kappa shape index (κ1) is 15.1. The molecule has 4 heteroatoms. The maximum Gasteiger partial charge on any atom is 0.0649 e. The van der Waals surface area contributed by atoms with Gasteiger partial charge in [0.05, 0.1) is 10.8 Å². The second-order valence-electron chi connectivity index (χ2n) is 5.62. The lowest BCUT2D eigenvalue weighted by Crippen LogP contribution is -2.39. The van der Waals surface area contributed by atoms with E-state index in [0.29, 0.717) is 11.3 Å². The van der Waals surface area contributed by atoms with E-state index in [-0.39, 0.29) is 12.6 Å². The lowest BCUT2D eigenvalue weighted by molar-refractivity contribution is 0.227. The van der Waals surface area contributed by atoms with Gasteiger partial charge in [0, 0.05) is 17.3 Å². The van der Waals surface area contributed by atoms with Crippen molar-refractivity contribution in [3.63, 3.8) is 0 Å². The first-order chi connectivity index (χ1) is 10.3. The summed E-state index contributed by atoms with van der Waals surface area (Å²) in [7, 11) is 0. The SMILES string of the molecule is C[C@H]1CC(N[C@@H](CO)Cc2ccccc2)c2ccsc2S1. The number of aliphatic hydroxyl groups excluding tert-OH is 1. The minimum Gasteiger partial charge on any atom is -0.395 e. The zero-order valence-electron chi connectivity index (χ0n) is 12.2. The molecule has 112 valence electrons. The Morgan fingerprint density at radius 2 is 2.10 bits per heavy atom. The summed E-state index contributed by atoms with van der Waals surface area (Å²) in [6.45, 7) is 2.46. The fourth-order valence-electron chi connectivity index (χ4n) is 2.87. The quantitative estimate of drug-likeness (QED) is 0.877. The Morgan fingerprint density at radius 1 is 1.29 bits per heavy atom. The third kappa shape index (κ3) is 3.69. The molecule has 2 heterocycles. The van der Waals surface area contributed by atoms with Gasteiger partial charge in [-0.05, 0) is 35.4 Å². The number of fused-ring (bicyclic) bond motifs is 1. The highest BCUT2D eigenvalue weighted by Gasteiger charge is 2.27. The topological polar surface area (TPSA) is 32.3 Å². The molecule has 1 aromatic carbocycles. The van der Waals surface area contributed by atoms with E-state index in [2.05, 4.69) is 48.0 Å². The van der Waals surface area contributed by atoms with Crippen LogP contribution in [0.4, 0.5) is 0 Å². The molecule has 1 aromatic heterocycles. The zero-order chi connectivity index (χ0) is 14.7. The summed E-state index contributed by atoms with van der Waals surface area (Å²) in [6.07, 6.45) is 1.99. The van der Waals surface area contributed by atoms with Gasteiger partial charge in [-0.1, -0.05) is 37.3 Å². The summed E-state index contributed by atoms with van der Waals surface area (Å²) >= 11 is 3.81. The maximum absolute atomic E-state index is 9.72. The van der Waals surface area contributed by atoms with Crippen molar-refractivity contribution < 1.29 is 5.11 Å². The van der Waals surface area contributed by atoms with Gasteiger partial charge < -0.3 is 10.4 Å². The summed E-state index contributed by atoms with van der Waals surface area (Å²) in [6, 6.07) is 13.1. The molecule has 1 aliphatic rings. The Hall–Kier alpha value is -0.810. The molecule has 21 heavy (non-hydrogen) atoms. The molecule has 0 amide bonds. The van der Waals surface area contributed by atoms with Crippen molar-refractivity contribution in [2.24, 2.45) is 0 Å². The largest absolute Gasteiger partial charge is 0.395 e. The van der Waals surface area contributed by atoms with Crippen molar-refractivity contribution in [3.8, 4) is 0 Å². The smallest absolute Gasteiger partial charge is 0.0649 e. The number of hydrogen-bond donors (Lipinski definition) is 2. The molecule has 0 spiro atoms. The molecule has 2 N–H and O–H groups in total. The average molecular weight is 319 g/mol. The van der Waals surface area contributed by atoms with Gasteiger partial charge in [0.1, 0.15) is 0 Å². The lowest BCUT2D eigenvalue weighted by Gasteiger charge is -2.31. The highest BCUT2D eigenvalue weighted by atomic mass is 32.2. The fraction of sp³-hybridized carbons (Fsp3) is 0.412. The first-order valence-corrected chi connectivity index (χ1v) is 9.17. The lowest BCUT2D eigenvalue weighted by atomic mass is 10.0. The third-order valence-electron chi connectivity index (χ3n) is 3.89. The van der Waals surface area contributed by atoms with Crippen LogP contribution in [0.1, 0.15) is 30.5 Å². The van der Waals surface area contributed by atoms with E-state index in [4.69, 9.17) is 0 Å². The van der Waals surface area contributed by atoms with Gasteiger partial charge in [0.25, 0.3) is 0 Å². The van der Waals surface area contributed by atoms with Gasteiger partial charge in [-0.2, -0.15) is 0 Å². The number of aliphatic hydroxyl groups is 1. The van der Waals surface area contributed by atoms with Crippen LogP contribution in [-0.4, -0.2) is 23.0 Å². The Bertz CT molecular complexity index is 569. The molecular weight excluding hydrogens is 298 g/mol. The molecule has 2 nitrogen and oxygen atoms in total. The second-order valence-corrected chi connectivity index (χ2v) is 8.24. The number of benzene rings is 1. The van der Waals surface area contributed by atoms with Crippen LogP contribution in [0.15, 0.2) is 46.0 Å². The molecule has 1 aliphatic heterocycles. The van der Waals surface area contributed by atoms with Crippen molar-refractivity contribution in [2.45, 2.75) is 41.3 Å². The fourth-order valence-corrected chi connectivity index (χ4v) is 5.43. The van der Waals surface area contributed by atoms with Crippen LogP contribution in [0, 0.1) is 0 Å². The Kier molecular flexibility index (Phi) is 5.01. The highest BCUT2D eigenvalue weighted by molar-refractivity contribution is 8.01. The molecular formula is C17H21NOS2. The molecule has 3 atom stereocenters. The van der Waals surface area contributed by atoms with Gasteiger partial charge >= 0.3 is 0 Å². The van der Waals surface area contributed by atoms with Crippen molar-refractivity contribution in [3.05, 3.63) is 52.9 Å². The van der Waals surface area contributed by atoms with Crippen LogP contribution < -0.4 is 5.32 Å². The molecule has 2 aromatic rings. The van der Waals surface area contributed by atoms with Gasteiger partial charge in [-0.15, -0.1) is 23.1 Å². The van der Waals surface area contributed by atoms with Crippen LogP contribution in [0.25, 0.3) is 0 Å². The minimum absolute atomic E-state index is 0.112. The number of thioether (sulfide) groups is 1. The normalized spacial score (nSPS) is 22.8. The predicted molar refractivity (Wildman–Crippen MR) is 91.2 cm³/mol. The second kappa shape index (κ2) is 6.97. The molecule has 0 saturated heterocycles.